The van der Waals surface area contributed by atoms with Crippen molar-refractivity contribution in [3.8, 4) is 5.75 Å². The highest BCUT2D eigenvalue weighted by atomic mass is 16.5. The molecule has 0 saturated heterocycles. The second kappa shape index (κ2) is 8.94. The van der Waals surface area contributed by atoms with Crippen LogP contribution in [-0.2, 0) is 11.3 Å². The van der Waals surface area contributed by atoms with Gasteiger partial charge in [0.2, 0.25) is 5.91 Å². The molecule has 0 spiro atoms. The van der Waals surface area contributed by atoms with Gasteiger partial charge in [-0.25, -0.2) is 0 Å². The van der Waals surface area contributed by atoms with E-state index in [0.717, 1.165) is 55.2 Å². The number of aromatic nitrogens is 1. The summed E-state index contributed by atoms with van der Waals surface area (Å²) in [6.45, 7) is 7.00. The lowest BCUT2D eigenvalue weighted by atomic mass is 9.75. The molecule has 2 aromatic rings. The summed E-state index contributed by atoms with van der Waals surface area (Å²) in [7, 11) is 1.65. The molecule has 0 bridgehead atoms. The first-order valence-electron chi connectivity index (χ1n) is 13.2. The lowest BCUT2D eigenvalue weighted by Gasteiger charge is -2.52. The molecule has 1 N–H and O–H groups in total. The third-order valence-electron chi connectivity index (χ3n) is 8.97. The summed E-state index contributed by atoms with van der Waals surface area (Å²) in [6, 6.07) is 8.17. The number of fused-ring (bicyclic) bond motifs is 3. The van der Waals surface area contributed by atoms with E-state index < -0.39 is 5.54 Å². The number of methoxy groups -OCH3 is 1. The number of rotatable bonds is 4. The molecule has 6 nitrogen and oxygen atoms in total. The Morgan fingerprint density at radius 1 is 1.06 bits per heavy atom. The Balaban J connectivity index is 1.59. The summed E-state index contributed by atoms with van der Waals surface area (Å²) < 4.78 is 7.51. The van der Waals surface area contributed by atoms with Crippen LogP contribution in [0.1, 0.15) is 82.6 Å². The van der Waals surface area contributed by atoms with E-state index >= 15 is 0 Å². The standard InChI is InChI=1S/C28H39N3O3/c1-18-9-8-12-23(19(18)2)31-26(32)25-15-20-13-14-22(34-4)16-24(20)30(25)17-28(31,3)27(33)29-21-10-6-5-7-11-21/h13-16,18-19,21,23H,5-12,17H2,1-4H3,(H,29,33)/t18-,19-,23+,28+/m0/s1. The van der Waals surface area contributed by atoms with Crippen molar-refractivity contribution in [2.45, 2.75) is 96.3 Å². The number of carbonyl (C=O) groups is 2. The van der Waals surface area contributed by atoms with Crippen LogP contribution < -0.4 is 10.1 Å². The van der Waals surface area contributed by atoms with Crippen LogP contribution in [-0.4, -0.2) is 46.0 Å². The van der Waals surface area contributed by atoms with Gasteiger partial charge in [0, 0.05) is 23.5 Å². The van der Waals surface area contributed by atoms with Gasteiger partial charge in [0.05, 0.1) is 19.2 Å². The topological polar surface area (TPSA) is 63.6 Å². The molecule has 3 aliphatic rings. The first-order valence-corrected chi connectivity index (χ1v) is 13.2. The molecule has 6 heteroatoms. The Kier molecular flexibility index (Phi) is 6.11. The quantitative estimate of drug-likeness (QED) is 0.680. The number of nitrogens with zero attached hydrogens (tertiary/aromatic N) is 2. The maximum absolute atomic E-state index is 14.2. The Hall–Kier alpha value is -2.50. The van der Waals surface area contributed by atoms with Crippen LogP contribution >= 0.6 is 0 Å². The van der Waals surface area contributed by atoms with Gasteiger partial charge in [-0.05, 0) is 56.2 Å². The Morgan fingerprint density at radius 3 is 2.56 bits per heavy atom. The largest absolute Gasteiger partial charge is 0.497 e. The third kappa shape index (κ3) is 3.79. The normalized spacial score (nSPS) is 30.3. The van der Waals surface area contributed by atoms with E-state index in [1.807, 2.05) is 40.7 Å². The molecule has 34 heavy (non-hydrogen) atoms. The number of carbonyl (C=O) groups excluding carboxylic acids is 2. The predicted octanol–water partition coefficient (Wildman–Crippen LogP) is 5.14. The van der Waals surface area contributed by atoms with Gasteiger partial charge in [0.15, 0.2) is 0 Å². The summed E-state index contributed by atoms with van der Waals surface area (Å²) in [4.78, 5) is 30.2. The van der Waals surface area contributed by atoms with Gasteiger partial charge in [-0.3, -0.25) is 9.59 Å². The molecule has 2 fully saturated rings. The first kappa shape index (κ1) is 23.3. The highest BCUT2D eigenvalue weighted by Crippen LogP contribution is 2.41. The van der Waals surface area contributed by atoms with Crippen molar-refractivity contribution in [2.75, 3.05) is 7.11 Å². The Morgan fingerprint density at radius 2 is 1.82 bits per heavy atom. The van der Waals surface area contributed by atoms with E-state index in [9.17, 15) is 9.59 Å². The molecule has 4 atom stereocenters. The van der Waals surface area contributed by atoms with Crippen molar-refractivity contribution >= 4 is 22.7 Å². The number of hydrogen-bond donors (Lipinski definition) is 1. The Bertz CT molecular complexity index is 1090. The van der Waals surface area contributed by atoms with Crippen molar-refractivity contribution in [1.29, 1.82) is 0 Å². The van der Waals surface area contributed by atoms with Crippen LogP contribution in [0.2, 0.25) is 0 Å². The van der Waals surface area contributed by atoms with Gasteiger partial charge in [-0.15, -0.1) is 0 Å². The van der Waals surface area contributed by atoms with E-state index in [1.54, 1.807) is 7.11 Å². The molecule has 5 rings (SSSR count). The minimum absolute atomic E-state index is 0.00595. The molecule has 2 saturated carbocycles. The molecule has 2 aliphatic carbocycles. The summed E-state index contributed by atoms with van der Waals surface area (Å²) in [6.07, 6.45) is 8.86. The van der Waals surface area contributed by atoms with E-state index in [1.165, 1.54) is 12.8 Å². The predicted molar refractivity (Wildman–Crippen MR) is 134 cm³/mol. The van der Waals surface area contributed by atoms with Crippen LogP contribution in [0.4, 0.5) is 0 Å². The number of benzene rings is 1. The molecule has 2 heterocycles. The van der Waals surface area contributed by atoms with Crippen LogP contribution in [0.15, 0.2) is 24.3 Å². The lowest BCUT2D eigenvalue weighted by molar-refractivity contribution is -0.136. The minimum Gasteiger partial charge on any atom is -0.497 e. The van der Waals surface area contributed by atoms with Crippen molar-refractivity contribution in [3.05, 3.63) is 30.0 Å². The molecule has 2 amide bonds. The minimum atomic E-state index is -0.938. The molecule has 184 valence electrons. The second-order valence-corrected chi connectivity index (χ2v) is 11.1. The number of amides is 2. The van der Waals surface area contributed by atoms with Gasteiger partial charge >= 0.3 is 0 Å². The maximum Gasteiger partial charge on any atom is 0.271 e. The fourth-order valence-corrected chi connectivity index (χ4v) is 6.64. The summed E-state index contributed by atoms with van der Waals surface area (Å²) in [5.74, 6) is 1.62. The number of hydrogen-bond acceptors (Lipinski definition) is 3. The Labute approximate surface area is 203 Å². The summed E-state index contributed by atoms with van der Waals surface area (Å²) in [5, 5.41) is 4.37. The van der Waals surface area contributed by atoms with E-state index in [0.29, 0.717) is 24.1 Å². The average molecular weight is 466 g/mol. The van der Waals surface area contributed by atoms with E-state index in [4.69, 9.17) is 4.74 Å². The van der Waals surface area contributed by atoms with Gasteiger partial charge in [-0.2, -0.15) is 0 Å². The molecule has 1 aromatic heterocycles. The molecule has 1 aromatic carbocycles. The highest BCUT2D eigenvalue weighted by Gasteiger charge is 2.52. The second-order valence-electron chi connectivity index (χ2n) is 11.1. The SMILES string of the molecule is COc1ccc2cc3n(c2c1)C[C@](C)(C(=O)NC1CCCCC1)N([C@@H]1CCC[C@H](C)[C@@H]1C)C3=O. The molecular formula is C28H39N3O3. The average Bonchev–Trinajstić information content (AvgIpc) is 3.20. The molecule has 0 unspecified atom stereocenters. The third-order valence-corrected chi connectivity index (χ3v) is 8.97. The monoisotopic (exact) mass is 465 g/mol. The zero-order chi connectivity index (χ0) is 24.0. The fraction of sp³-hybridized carbons (Fsp3) is 0.643. The van der Waals surface area contributed by atoms with Gasteiger partial charge in [0.1, 0.15) is 17.0 Å². The van der Waals surface area contributed by atoms with Crippen LogP contribution in [0.25, 0.3) is 10.9 Å². The summed E-state index contributed by atoms with van der Waals surface area (Å²) >= 11 is 0. The van der Waals surface area contributed by atoms with Gasteiger partial charge < -0.3 is 19.5 Å². The molecular weight excluding hydrogens is 426 g/mol. The van der Waals surface area contributed by atoms with E-state index in [2.05, 4.69) is 19.2 Å². The molecule has 1 aliphatic heterocycles. The zero-order valence-corrected chi connectivity index (χ0v) is 21.1. The smallest absolute Gasteiger partial charge is 0.271 e. The summed E-state index contributed by atoms with van der Waals surface area (Å²) in [5.41, 5.74) is 0.688. The van der Waals surface area contributed by atoms with Crippen molar-refractivity contribution in [2.24, 2.45) is 11.8 Å². The van der Waals surface area contributed by atoms with Crippen LogP contribution in [0.3, 0.4) is 0 Å². The zero-order valence-electron chi connectivity index (χ0n) is 21.1. The van der Waals surface area contributed by atoms with Gasteiger partial charge in [-0.1, -0.05) is 46.0 Å². The fourth-order valence-electron chi connectivity index (χ4n) is 6.64. The van der Waals surface area contributed by atoms with Crippen molar-refractivity contribution in [1.82, 2.24) is 14.8 Å². The highest BCUT2D eigenvalue weighted by molar-refractivity contribution is 6.04. The lowest BCUT2D eigenvalue weighted by Crippen LogP contribution is -2.68. The van der Waals surface area contributed by atoms with Crippen molar-refractivity contribution < 1.29 is 14.3 Å². The van der Waals surface area contributed by atoms with Crippen LogP contribution in [0, 0.1) is 11.8 Å². The number of ether oxygens (including phenoxy) is 1. The maximum atomic E-state index is 14.2. The number of nitrogens with one attached hydrogen (secondary N) is 1. The molecule has 0 radical (unpaired) electrons. The van der Waals surface area contributed by atoms with Gasteiger partial charge in [0.25, 0.3) is 5.91 Å². The van der Waals surface area contributed by atoms with E-state index in [-0.39, 0.29) is 23.9 Å². The van der Waals surface area contributed by atoms with Crippen molar-refractivity contribution in [3.63, 3.8) is 0 Å². The van der Waals surface area contributed by atoms with Crippen LogP contribution in [0.5, 0.6) is 5.75 Å². The first-order chi connectivity index (χ1) is 16.3.